The number of sulfone groups is 1. The maximum Gasteiger partial charge on any atom is 0.328 e. The van der Waals surface area contributed by atoms with Crippen molar-refractivity contribution in [2.75, 3.05) is 11.6 Å². The van der Waals surface area contributed by atoms with Crippen LogP contribution in [-0.4, -0.2) is 31.7 Å². The van der Waals surface area contributed by atoms with Crippen LogP contribution in [0, 0.1) is 0 Å². The molecule has 0 spiro atoms. The van der Waals surface area contributed by atoms with E-state index in [4.69, 9.17) is 5.11 Å². The molecule has 0 aliphatic carbocycles. The summed E-state index contributed by atoms with van der Waals surface area (Å²) in [7, 11) is -3.27. The Kier molecular flexibility index (Phi) is 4.22. The number of carbonyl (C=O) groups excluding carboxylic acids is 1. The van der Waals surface area contributed by atoms with Gasteiger partial charge < -0.3 is 10.4 Å². The fourth-order valence-electron chi connectivity index (χ4n) is 1.12. The highest BCUT2D eigenvalue weighted by Crippen LogP contribution is 2.13. The number of benzene rings is 1. The van der Waals surface area contributed by atoms with Gasteiger partial charge in [-0.25, -0.2) is 13.2 Å². The highest BCUT2D eigenvalue weighted by atomic mass is 32.2. The van der Waals surface area contributed by atoms with Crippen LogP contribution in [0.3, 0.4) is 0 Å². The van der Waals surface area contributed by atoms with Crippen LogP contribution < -0.4 is 5.32 Å². The van der Waals surface area contributed by atoms with E-state index in [1.165, 1.54) is 24.3 Å². The number of rotatable bonds is 4. The average Bonchev–Trinajstić information content (AvgIpc) is 2.26. The lowest BCUT2D eigenvalue weighted by Gasteiger charge is -2.03. The predicted octanol–water partition coefficient (Wildman–Crippen LogP) is 0.669. The van der Waals surface area contributed by atoms with E-state index in [0.717, 1.165) is 12.3 Å². The van der Waals surface area contributed by atoms with Crippen LogP contribution in [0.2, 0.25) is 0 Å². The molecule has 7 heteroatoms. The number of carboxylic acid groups (broad SMARTS) is 1. The Morgan fingerprint density at radius 3 is 2.17 bits per heavy atom. The van der Waals surface area contributed by atoms with Gasteiger partial charge in [0.05, 0.1) is 4.90 Å². The first-order valence-electron chi connectivity index (χ1n) is 4.81. The summed E-state index contributed by atoms with van der Waals surface area (Å²) < 4.78 is 22.4. The van der Waals surface area contributed by atoms with E-state index >= 15 is 0 Å². The predicted molar refractivity (Wildman–Crippen MR) is 65.0 cm³/mol. The molecule has 0 radical (unpaired) electrons. The molecule has 1 aromatic rings. The third-order valence-corrected chi connectivity index (χ3v) is 3.06. The lowest BCUT2D eigenvalue weighted by atomic mass is 10.3. The van der Waals surface area contributed by atoms with Crippen LogP contribution in [0.5, 0.6) is 0 Å². The third kappa shape index (κ3) is 4.38. The number of hydrogen-bond donors (Lipinski definition) is 2. The van der Waals surface area contributed by atoms with Crippen molar-refractivity contribution in [2.24, 2.45) is 0 Å². The van der Waals surface area contributed by atoms with Gasteiger partial charge in [0, 0.05) is 24.1 Å². The second kappa shape index (κ2) is 5.46. The summed E-state index contributed by atoms with van der Waals surface area (Å²) >= 11 is 0. The second-order valence-electron chi connectivity index (χ2n) is 3.46. The summed E-state index contributed by atoms with van der Waals surface area (Å²) in [6.45, 7) is 0. The minimum Gasteiger partial charge on any atom is -0.478 e. The Labute approximate surface area is 104 Å². The van der Waals surface area contributed by atoms with Crippen molar-refractivity contribution in [3.05, 3.63) is 36.4 Å². The number of nitrogens with one attached hydrogen (secondary N) is 1. The monoisotopic (exact) mass is 269 g/mol. The van der Waals surface area contributed by atoms with E-state index in [1.54, 1.807) is 0 Å². The summed E-state index contributed by atoms with van der Waals surface area (Å²) in [6.07, 6.45) is 2.66. The van der Waals surface area contributed by atoms with Gasteiger partial charge in [0.15, 0.2) is 9.84 Å². The summed E-state index contributed by atoms with van der Waals surface area (Å²) in [5.41, 5.74) is 0.377. The van der Waals surface area contributed by atoms with Gasteiger partial charge in [0.25, 0.3) is 0 Å². The molecule has 0 unspecified atom stereocenters. The molecule has 0 bridgehead atoms. The van der Waals surface area contributed by atoms with Crippen molar-refractivity contribution in [3.8, 4) is 0 Å². The van der Waals surface area contributed by atoms with Crippen LogP contribution in [0.25, 0.3) is 0 Å². The van der Waals surface area contributed by atoms with Crippen molar-refractivity contribution < 1.29 is 23.1 Å². The van der Waals surface area contributed by atoms with Gasteiger partial charge in [0.2, 0.25) is 5.91 Å². The van der Waals surface area contributed by atoms with E-state index in [0.29, 0.717) is 11.8 Å². The number of amides is 1. The van der Waals surface area contributed by atoms with Gasteiger partial charge in [-0.1, -0.05) is 0 Å². The molecule has 0 atom stereocenters. The molecule has 0 fully saturated rings. The topological polar surface area (TPSA) is 101 Å². The fourth-order valence-corrected chi connectivity index (χ4v) is 1.75. The van der Waals surface area contributed by atoms with Crippen LogP contribution >= 0.6 is 0 Å². The van der Waals surface area contributed by atoms with E-state index in [2.05, 4.69) is 5.32 Å². The van der Waals surface area contributed by atoms with Gasteiger partial charge in [-0.05, 0) is 24.3 Å². The average molecular weight is 269 g/mol. The summed E-state index contributed by atoms with van der Waals surface area (Å²) in [5.74, 6) is -1.83. The number of hydrogen-bond acceptors (Lipinski definition) is 4. The molecule has 1 aromatic carbocycles. The Hall–Kier alpha value is -2.15. The molecule has 0 aliphatic heterocycles. The minimum atomic E-state index is -3.27. The van der Waals surface area contributed by atoms with Gasteiger partial charge in [0.1, 0.15) is 0 Å². The maximum atomic E-state index is 11.2. The first kappa shape index (κ1) is 13.9. The first-order valence-corrected chi connectivity index (χ1v) is 6.70. The van der Waals surface area contributed by atoms with Crippen LogP contribution in [0.15, 0.2) is 41.3 Å². The Balaban J connectivity index is 2.76. The normalized spacial score (nSPS) is 11.4. The number of anilines is 1. The van der Waals surface area contributed by atoms with E-state index < -0.39 is 21.7 Å². The molecule has 1 amide bonds. The van der Waals surface area contributed by atoms with Crippen molar-refractivity contribution in [1.29, 1.82) is 0 Å². The zero-order chi connectivity index (χ0) is 13.8. The van der Waals surface area contributed by atoms with Crippen molar-refractivity contribution in [1.82, 2.24) is 0 Å². The van der Waals surface area contributed by atoms with Gasteiger partial charge in [-0.15, -0.1) is 0 Å². The molecular formula is C11H11NO5S. The largest absolute Gasteiger partial charge is 0.478 e. The molecule has 6 nitrogen and oxygen atoms in total. The molecule has 96 valence electrons. The van der Waals surface area contributed by atoms with E-state index in [-0.39, 0.29) is 4.90 Å². The molecular weight excluding hydrogens is 258 g/mol. The molecule has 0 aromatic heterocycles. The standard InChI is InChI=1S/C11H11NO5S/c1-18(16,17)9-4-2-8(3-5-9)12-10(13)6-7-11(14)15/h2-7H,1H3,(H,12,13)(H,14,15)/b7-6+. The summed E-state index contributed by atoms with van der Waals surface area (Å²) in [5, 5.41) is 10.7. The van der Waals surface area contributed by atoms with E-state index in [9.17, 15) is 18.0 Å². The molecule has 18 heavy (non-hydrogen) atoms. The fraction of sp³-hybridized carbons (Fsp3) is 0.0909. The van der Waals surface area contributed by atoms with Crippen LogP contribution in [0.4, 0.5) is 5.69 Å². The van der Waals surface area contributed by atoms with Gasteiger partial charge >= 0.3 is 5.97 Å². The number of carbonyl (C=O) groups is 2. The maximum absolute atomic E-state index is 11.2. The lowest BCUT2D eigenvalue weighted by Crippen LogP contribution is -2.08. The molecule has 0 aliphatic rings. The Morgan fingerprint density at radius 1 is 1.17 bits per heavy atom. The Morgan fingerprint density at radius 2 is 1.72 bits per heavy atom. The van der Waals surface area contributed by atoms with Gasteiger partial charge in [-0.3, -0.25) is 4.79 Å². The second-order valence-corrected chi connectivity index (χ2v) is 5.47. The molecule has 0 saturated heterocycles. The van der Waals surface area contributed by atoms with E-state index in [1.807, 2.05) is 0 Å². The van der Waals surface area contributed by atoms with Gasteiger partial charge in [-0.2, -0.15) is 0 Å². The SMILES string of the molecule is CS(=O)(=O)c1ccc(NC(=O)/C=C/C(=O)O)cc1. The number of carboxylic acids is 1. The van der Waals surface area contributed by atoms with Crippen molar-refractivity contribution >= 4 is 27.4 Å². The smallest absolute Gasteiger partial charge is 0.328 e. The molecule has 0 saturated carbocycles. The molecule has 2 N–H and O–H groups in total. The Bertz CT molecular complexity index is 586. The first-order chi connectivity index (χ1) is 8.29. The zero-order valence-electron chi connectivity index (χ0n) is 9.45. The highest BCUT2D eigenvalue weighted by Gasteiger charge is 2.06. The lowest BCUT2D eigenvalue weighted by molar-refractivity contribution is -0.131. The summed E-state index contributed by atoms with van der Waals surface area (Å²) in [6, 6.07) is 5.55. The number of aliphatic carboxylic acids is 1. The quantitative estimate of drug-likeness (QED) is 0.782. The van der Waals surface area contributed by atoms with Crippen molar-refractivity contribution in [2.45, 2.75) is 4.90 Å². The third-order valence-electron chi connectivity index (χ3n) is 1.93. The van der Waals surface area contributed by atoms with Crippen LogP contribution in [0.1, 0.15) is 0 Å². The summed E-state index contributed by atoms with van der Waals surface area (Å²) in [4.78, 5) is 21.5. The highest BCUT2D eigenvalue weighted by molar-refractivity contribution is 7.90. The molecule has 0 heterocycles. The van der Waals surface area contributed by atoms with Crippen LogP contribution in [-0.2, 0) is 19.4 Å². The van der Waals surface area contributed by atoms with Crippen molar-refractivity contribution in [3.63, 3.8) is 0 Å². The molecule has 1 rings (SSSR count). The minimum absolute atomic E-state index is 0.140. The zero-order valence-corrected chi connectivity index (χ0v) is 10.3.